The third-order valence-corrected chi connectivity index (χ3v) is 4.36. The fourth-order valence-electron chi connectivity index (χ4n) is 2.75. The molecule has 0 atom stereocenters. The number of rotatable bonds is 7. The minimum Gasteiger partial charge on any atom is -0.502 e. The Morgan fingerprint density at radius 2 is 1.14 bits per heavy atom. The summed E-state index contributed by atoms with van der Waals surface area (Å²) in [5.41, 5.74) is 2.05. The largest absolute Gasteiger partial charge is 0.502 e. The number of hydrogen-bond donors (Lipinski definition) is 2. The van der Waals surface area contributed by atoms with Crippen LogP contribution in [0.25, 0.3) is 0 Å². The van der Waals surface area contributed by atoms with Crippen molar-refractivity contribution >= 4 is 11.9 Å². The molecule has 2 N–H and O–H groups in total. The maximum absolute atomic E-state index is 11.6. The Bertz CT molecular complexity index is 832. The standard InChI is InChI=1S/C23H24O6/c1-4-19(15-7-11-17(12-8-15)28-22(26)20(24)5-2)16-9-13-18(14-10-16)29-23(27)21(25)6-3/h5-14,19,24-25H,4H2,1-3H3. The van der Waals surface area contributed by atoms with Crippen LogP contribution in [0.4, 0.5) is 0 Å². The summed E-state index contributed by atoms with van der Waals surface area (Å²) in [6, 6.07) is 14.2. The highest BCUT2D eigenvalue weighted by molar-refractivity contribution is 5.87. The number of aliphatic hydroxyl groups is 2. The van der Waals surface area contributed by atoms with Gasteiger partial charge in [-0.25, -0.2) is 9.59 Å². The molecule has 0 aliphatic carbocycles. The topological polar surface area (TPSA) is 93.1 Å². The molecule has 0 saturated heterocycles. The molecule has 0 radical (unpaired) electrons. The molecule has 0 fully saturated rings. The molecule has 0 bridgehead atoms. The van der Waals surface area contributed by atoms with Gasteiger partial charge in [-0.1, -0.05) is 31.2 Å². The Labute approximate surface area is 169 Å². The lowest BCUT2D eigenvalue weighted by atomic mass is 9.89. The summed E-state index contributed by atoms with van der Waals surface area (Å²) in [6.07, 6.45) is 3.37. The Morgan fingerprint density at radius 3 is 1.41 bits per heavy atom. The van der Waals surface area contributed by atoms with Gasteiger partial charge in [0.25, 0.3) is 0 Å². The molecule has 0 aromatic heterocycles. The Kier molecular flexibility index (Phi) is 7.60. The summed E-state index contributed by atoms with van der Waals surface area (Å²) in [5.74, 6) is -1.71. The van der Waals surface area contributed by atoms with Crippen LogP contribution < -0.4 is 9.47 Å². The van der Waals surface area contributed by atoms with Crippen molar-refractivity contribution in [3.63, 3.8) is 0 Å². The Morgan fingerprint density at radius 1 is 0.793 bits per heavy atom. The van der Waals surface area contributed by atoms with Gasteiger partial charge in [0.1, 0.15) is 11.5 Å². The summed E-state index contributed by atoms with van der Waals surface area (Å²) >= 11 is 0. The number of esters is 2. The average Bonchev–Trinajstić information content (AvgIpc) is 2.75. The van der Waals surface area contributed by atoms with Gasteiger partial charge in [0, 0.05) is 5.92 Å². The zero-order chi connectivity index (χ0) is 21.4. The van der Waals surface area contributed by atoms with Crippen LogP contribution in [0.1, 0.15) is 44.2 Å². The molecule has 29 heavy (non-hydrogen) atoms. The minimum atomic E-state index is -0.804. The molecule has 0 heterocycles. The lowest BCUT2D eigenvalue weighted by molar-refractivity contribution is -0.133. The first-order chi connectivity index (χ1) is 13.9. The molecule has 2 rings (SSSR count). The Balaban J connectivity index is 2.12. The fraction of sp³-hybridized carbons (Fsp3) is 0.217. The number of aliphatic hydroxyl groups excluding tert-OH is 2. The van der Waals surface area contributed by atoms with Crippen molar-refractivity contribution in [2.24, 2.45) is 0 Å². The van der Waals surface area contributed by atoms with Crippen LogP contribution in [0.5, 0.6) is 11.5 Å². The van der Waals surface area contributed by atoms with E-state index in [0.717, 1.165) is 17.5 Å². The van der Waals surface area contributed by atoms with E-state index in [1.54, 1.807) is 38.1 Å². The van der Waals surface area contributed by atoms with Crippen molar-refractivity contribution in [1.82, 2.24) is 0 Å². The molecule has 0 aliphatic rings. The van der Waals surface area contributed by atoms with Gasteiger partial charge < -0.3 is 19.7 Å². The smallest absolute Gasteiger partial charge is 0.378 e. The predicted octanol–water partition coefficient (Wildman–Crippen LogP) is 4.96. The quantitative estimate of drug-likeness (QED) is 0.297. The monoisotopic (exact) mass is 396 g/mol. The summed E-state index contributed by atoms with van der Waals surface area (Å²) in [5, 5.41) is 18.8. The molecular weight excluding hydrogens is 372 g/mol. The lowest BCUT2D eigenvalue weighted by Gasteiger charge is -2.17. The molecule has 2 aromatic carbocycles. The van der Waals surface area contributed by atoms with Gasteiger partial charge in [-0.15, -0.1) is 0 Å². The van der Waals surface area contributed by atoms with Crippen LogP contribution in [0, 0.1) is 0 Å². The number of ether oxygens (including phenoxy) is 2. The van der Waals surface area contributed by atoms with Gasteiger partial charge in [-0.3, -0.25) is 0 Å². The molecule has 0 spiro atoms. The van der Waals surface area contributed by atoms with Crippen molar-refractivity contribution in [1.29, 1.82) is 0 Å². The highest BCUT2D eigenvalue weighted by Gasteiger charge is 2.15. The van der Waals surface area contributed by atoms with E-state index in [9.17, 15) is 19.8 Å². The van der Waals surface area contributed by atoms with Crippen molar-refractivity contribution in [3.8, 4) is 11.5 Å². The van der Waals surface area contributed by atoms with Crippen LogP contribution in [0.3, 0.4) is 0 Å². The van der Waals surface area contributed by atoms with E-state index in [4.69, 9.17) is 9.47 Å². The predicted molar refractivity (Wildman–Crippen MR) is 109 cm³/mol. The fourth-order valence-corrected chi connectivity index (χ4v) is 2.75. The van der Waals surface area contributed by atoms with Gasteiger partial charge in [-0.05, 0) is 67.8 Å². The second kappa shape index (κ2) is 10.1. The zero-order valence-electron chi connectivity index (χ0n) is 16.6. The SMILES string of the molecule is CC=C(O)C(=O)Oc1ccc(C(CC)c2ccc(OC(=O)C(O)=CC)cc2)cc1. The van der Waals surface area contributed by atoms with Gasteiger partial charge >= 0.3 is 11.9 Å². The van der Waals surface area contributed by atoms with E-state index in [1.165, 1.54) is 12.2 Å². The van der Waals surface area contributed by atoms with Crippen molar-refractivity contribution in [3.05, 3.63) is 83.3 Å². The van der Waals surface area contributed by atoms with Crippen LogP contribution in [0.15, 0.2) is 72.2 Å². The number of carbonyl (C=O) groups excluding carboxylic acids is 2. The highest BCUT2D eigenvalue weighted by atomic mass is 16.6. The molecule has 0 aliphatic heterocycles. The van der Waals surface area contributed by atoms with E-state index >= 15 is 0 Å². The van der Waals surface area contributed by atoms with Gasteiger partial charge in [0.05, 0.1) is 0 Å². The summed E-state index contributed by atoms with van der Waals surface area (Å²) in [6.45, 7) is 5.14. The summed E-state index contributed by atoms with van der Waals surface area (Å²) in [7, 11) is 0. The zero-order valence-corrected chi connectivity index (χ0v) is 16.6. The second-order valence-electron chi connectivity index (χ2n) is 6.23. The first-order valence-corrected chi connectivity index (χ1v) is 9.24. The van der Waals surface area contributed by atoms with E-state index in [0.29, 0.717) is 11.5 Å². The third-order valence-electron chi connectivity index (χ3n) is 4.36. The third kappa shape index (κ3) is 5.72. The number of allylic oxidation sites excluding steroid dienone is 2. The molecule has 0 amide bonds. The van der Waals surface area contributed by atoms with Crippen LogP contribution in [0.2, 0.25) is 0 Å². The van der Waals surface area contributed by atoms with Crippen LogP contribution >= 0.6 is 0 Å². The minimum absolute atomic E-state index is 0.0948. The van der Waals surface area contributed by atoms with Gasteiger partial charge in [0.15, 0.2) is 11.5 Å². The first kappa shape index (κ1) is 21.8. The van der Waals surface area contributed by atoms with E-state index < -0.39 is 23.5 Å². The maximum atomic E-state index is 11.6. The molecule has 2 aromatic rings. The number of benzene rings is 2. The Hall–Kier alpha value is -3.54. The van der Waals surface area contributed by atoms with E-state index in [2.05, 4.69) is 6.92 Å². The van der Waals surface area contributed by atoms with E-state index in [-0.39, 0.29) is 5.92 Å². The molecule has 0 unspecified atom stereocenters. The van der Waals surface area contributed by atoms with Gasteiger partial charge in [-0.2, -0.15) is 0 Å². The summed E-state index contributed by atoms with van der Waals surface area (Å²) < 4.78 is 10.2. The summed E-state index contributed by atoms with van der Waals surface area (Å²) in [4.78, 5) is 23.2. The van der Waals surface area contributed by atoms with E-state index in [1.807, 2.05) is 24.3 Å². The molecule has 6 heteroatoms. The highest BCUT2D eigenvalue weighted by Crippen LogP contribution is 2.30. The normalized spacial score (nSPS) is 12.9. The molecule has 6 nitrogen and oxygen atoms in total. The number of hydrogen-bond acceptors (Lipinski definition) is 6. The van der Waals surface area contributed by atoms with Crippen molar-refractivity contribution < 1.29 is 29.3 Å². The van der Waals surface area contributed by atoms with Crippen LogP contribution in [-0.4, -0.2) is 22.2 Å². The molecule has 0 saturated carbocycles. The number of carbonyl (C=O) groups is 2. The molecule has 152 valence electrons. The van der Waals surface area contributed by atoms with Crippen LogP contribution in [-0.2, 0) is 9.59 Å². The second-order valence-corrected chi connectivity index (χ2v) is 6.23. The van der Waals surface area contributed by atoms with Gasteiger partial charge in [0.2, 0.25) is 0 Å². The molecular formula is C23H24O6. The lowest BCUT2D eigenvalue weighted by Crippen LogP contribution is -2.11. The maximum Gasteiger partial charge on any atom is 0.378 e. The average molecular weight is 396 g/mol. The first-order valence-electron chi connectivity index (χ1n) is 9.24. The van der Waals surface area contributed by atoms with Crippen molar-refractivity contribution in [2.75, 3.05) is 0 Å². The van der Waals surface area contributed by atoms with Crippen molar-refractivity contribution in [2.45, 2.75) is 33.1 Å².